The summed E-state index contributed by atoms with van der Waals surface area (Å²) in [6.07, 6.45) is 1.09. The van der Waals surface area contributed by atoms with Gasteiger partial charge in [-0.05, 0) is 48.2 Å². The van der Waals surface area contributed by atoms with Crippen LogP contribution in [0.3, 0.4) is 0 Å². The fourth-order valence-electron chi connectivity index (χ4n) is 3.94. The van der Waals surface area contributed by atoms with E-state index in [0.717, 1.165) is 12.0 Å². The van der Waals surface area contributed by atoms with Crippen molar-refractivity contribution in [1.29, 1.82) is 0 Å². The largest absolute Gasteiger partial charge is 0.394 e. The molecule has 0 saturated carbocycles. The highest BCUT2D eigenvalue weighted by Gasteiger charge is 2.29. The van der Waals surface area contributed by atoms with Gasteiger partial charge < -0.3 is 14.9 Å². The number of benzene rings is 2. The van der Waals surface area contributed by atoms with Gasteiger partial charge >= 0.3 is 0 Å². The Bertz CT molecular complexity index is 960. The van der Waals surface area contributed by atoms with Crippen molar-refractivity contribution in [2.24, 2.45) is 0 Å². The first-order valence-corrected chi connectivity index (χ1v) is 11.0. The highest BCUT2D eigenvalue weighted by molar-refractivity contribution is 7.15. The number of hydrogen-bond donors (Lipinski definition) is 2. The number of aryl methyl sites for hydroxylation is 2. The van der Waals surface area contributed by atoms with Crippen LogP contribution in [-0.4, -0.2) is 29.0 Å². The Balaban J connectivity index is 1.53. The van der Waals surface area contributed by atoms with Crippen LogP contribution in [0.15, 0.2) is 54.6 Å². The molecule has 0 radical (unpaired) electrons. The van der Waals surface area contributed by atoms with Gasteiger partial charge in [-0.2, -0.15) is 0 Å². The van der Waals surface area contributed by atoms with E-state index in [-0.39, 0.29) is 18.8 Å². The highest BCUT2D eigenvalue weighted by atomic mass is 32.1. The molecule has 1 fully saturated rings. The molecular formula is C25H28O3S. The number of rotatable bonds is 5. The number of ether oxygens (including phenoxy) is 1. The van der Waals surface area contributed by atoms with E-state index in [1.807, 2.05) is 11.3 Å². The Morgan fingerprint density at radius 3 is 2.55 bits per heavy atom. The van der Waals surface area contributed by atoms with Crippen LogP contribution in [0.25, 0.3) is 10.4 Å². The smallest absolute Gasteiger partial charge is 0.0854 e. The monoisotopic (exact) mass is 408 g/mol. The van der Waals surface area contributed by atoms with E-state index in [4.69, 9.17) is 4.74 Å². The average molecular weight is 409 g/mol. The molecule has 3 nitrogen and oxygen atoms in total. The van der Waals surface area contributed by atoms with Gasteiger partial charge in [0.15, 0.2) is 0 Å². The molecular weight excluding hydrogens is 380 g/mol. The first-order valence-electron chi connectivity index (χ1n) is 10.2. The second-order valence-electron chi connectivity index (χ2n) is 8.05. The number of thiophene rings is 1. The van der Waals surface area contributed by atoms with Crippen LogP contribution in [0.5, 0.6) is 0 Å². The summed E-state index contributed by atoms with van der Waals surface area (Å²) in [6, 6.07) is 19.5. The predicted octanol–water partition coefficient (Wildman–Crippen LogP) is 5.20. The zero-order valence-corrected chi connectivity index (χ0v) is 17.8. The van der Waals surface area contributed by atoms with E-state index in [0.29, 0.717) is 12.8 Å². The molecule has 0 aliphatic carbocycles. The second kappa shape index (κ2) is 8.80. The Hall–Kier alpha value is -1.98. The second-order valence-corrected chi connectivity index (χ2v) is 9.22. The van der Waals surface area contributed by atoms with E-state index in [2.05, 4.69) is 68.4 Å². The lowest BCUT2D eigenvalue weighted by Crippen LogP contribution is -2.33. The van der Waals surface area contributed by atoms with E-state index >= 15 is 0 Å². The van der Waals surface area contributed by atoms with Crippen LogP contribution in [0.4, 0.5) is 0 Å². The van der Waals surface area contributed by atoms with Gasteiger partial charge in [-0.15, -0.1) is 11.3 Å². The molecule has 29 heavy (non-hydrogen) atoms. The van der Waals surface area contributed by atoms with Crippen molar-refractivity contribution in [1.82, 2.24) is 0 Å². The fraction of sp³-hybridized carbons (Fsp3) is 0.360. The molecule has 3 aromatic rings. The van der Waals surface area contributed by atoms with Crippen molar-refractivity contribution < 1.29 is 14.9 Å². The third-order valence-corrected chi connectivity index (χ3v) is 6.82. The quantitative estimate of drug-likeness (QED) is 0.610. The molecule has 1 saturated heterocycles. The summed E-state index contributed by atoms with van der Waals surface area (Å²) in [5.74, 6) is 0. The molecule has 0 spiro atoms. The van der Waals surface area contributed by atoms with Crippen molar-refractivity contribution in [3.63, 3.8) is 0 Å². The van der Waals surface area contributed by atoms with Gasteiger partial charge in [0.25, 0.3) is 0 Å². The summed E-state index contributed by atoms with van der Waals surface area (Å²) in [4.78, 5) is 2.62. The fourth-order valence-corrected chi connectivity index (χ4v) is 4.97. The first kappa shape index (κ1) is 20.3. The zero-order valence-electron chi connectivity index (χ0n) is 17.0. The van der Waals surface area contributed by atoms with E-state index < -0.39 is 6.10 Å². The van der Waals surface area contributed by atoms with Crippen LogP contribution in [0.1, 0.15) is 46.1 Å². The molecule has 4 rings (SSSR count). The number of hydrogen-bond acceptors (Lipinski definition) is 4. The molecule has 152 valence electrons. The summed E-state index contributed by atoms with van der Waals surface area (Å²) in [5.41, 5.74) is 6.16. The third kappa shape index (κ3) is 4.78. The standard InChI is InChI=1S/C25H28O3S/c1-16-3-6-18(7-4-16)25-10-9-23(29-25)12-20-11-19(8-5-17(20)2)24-14-21(27)13-22(15-26)28-24/h3-11,21-22,24,26-27H,12-15H2,1-2H3/t21-,22-,24+/m0/s1. The number of aliphatic hydroxyl groups excluding tert-OH is 2. The Kier molecular flexibility index (Phi) is 6.16. The molecule has 0 unspecified atom stereocenters. The molecule has 4 heteroatoms. The maximum absolute atomic E-state index is 10.1. The minimum Gasteiger partial charge on any atom is -0.394 e. The van der Waals surface area contributed by atoms with Gasteiger partial charge in [0.2, 0.25) is 0 Å². The molecule has 0 amide bonds. The zero-order chi connectivity index (χ0) is 20.4. The molecule has 2 N–H and O–H groups in total. The lowest BCUT2D eigenvalue weighted by molar-refractivity contribution is -0.113. The molecule has 1 aliphatic rings. The normalized spacial score (nSPS) is 22.0. The Morgan fingerprint density at radius 2 is 1.79 bits per heavy atom. The molecule has 2 heterocycles. The topological polar surface area (TPSA) is 49.7 Å². The maximum Gasteiger partial charge on any atom is 0.0854 e. The summed E-state index contributed by atoms with van der Waals surface area (Å²) in [7, 11) is 0. The lowest BCUT2D eigenvalue weighted by atomic mass is 9.93. The summed E-state index contributed by atoms with van der Waals surface area (Å²) >= 11 is 1.84. The van der Waals surface area contributed by atoms with Crippen LogP contribution in [0.2, 0.25) is 0 Å². The molecule has 3 atom stereocenters. The minimum absolute atomic E-state index is 0.0523. The van der Waals surface area contributed by atoms with Crippen molar-refractivity contribution in [3.05, 3.63) is 81.7 Å². The molecule has 0 bridgehead atoms. The van der Waals surface area contributed by atoms with E-state index in [9.17, 15) is 10.2 Å². The number of aliphatic hydroxyl groups is 2. The Morgan fingerprint density at radius 1 is 1.00 bits per heavy atom. The SMILES string of the molecule is Cc1ccc(-c2ccc(Cc3cc([C@H]4C[C@@H](O)C[C@@H](CO)O4)ccc3C)s2)cc1. The van der Waals surface area contributed by atoms with Crippen molar-refractivity contribution in [3.8, 4) is 10.4 Å². The summed E-state index contributed by atoms with van der Waals surface area (Å²) < 4.78 is 6.00. The Labute approximate surface area is 176 Å². The average Bonchev–Trinajstić information content (AvgIpc) is 3.18. The van der Waals surface area contributed by atoms with E-state index in [1.54, 1.807) is 0 Å². The minimum atomic E-state index is -0.426. The lowest BCUT2D eigenvalue weighted by Gasteiger charge is -2.32. The molecule has 1 aliphatic heterocycles. The van der Waals surface area contributed by atoms with Gasteiger partial charge in [0, 0.05) is 29.0 Å². The van der Waals surface area contributed by atoms with Gasteiger partial charge in [-0.25, -0.2) is 0 Å². The van der Waals surface area contributed by atoms with Crippen molar-refractivity contribution >= 4 is 11.3 Å². The van der Waals surface area contributed by atoms with Crippen LogP contribution < -0.4 is 0 Å². The van der Waals surface area contributed by atoms with Crippen molar-refractivity contribution in [2.45, 2.75) is 51.4 Å². The third-order valence-electron chi connectivity index (χ3n) is 5.69. The predicted molar refractivity (Wildman–Crippen MR) is 118 cm³/mol. The van der Waals surface area contributed by atoms with Gasteiger partial charge in [-0.1, -0.05) is 48.0 Å². The maximum atomic E-state index is 10.1. The van der Waals surface area contributed by atoms with Gasteiger partial charge in [0.05, 0.1) is 24.9 Å². The van der Waals surface area contributed by atoms with E-state index in [1.165, 1.54) is 32.0 Å². The van der Waals surface area contributed by atoms with Crippen molar-refractivity contribution in [2.75, 3.05) is 6.61 Å². The summed E-state index contributed by atoms with van der Waals surface area (Å²) in [5, 5.41) is 19.6. The van der Waals surface area contributed by atoms with Gasteiger partial charge in [0.1, 0.15) is 0 Å². The molecule has 1 aromatic heterocycles. The van der Waals surface area contributed by atoms with Crippen LogP contribution in [0, 0.1) is 13.8 Å². The summed E-state index contributed by atoms with van der Waals surface area (Å²) in [6.45, 7) is 4.20. The highest BCUT2D eigenvalue weighted by Crippen LogP contribution is 2.34. The van der Waals surface area contributed by atoms with Crippen LogP contribution >= 0.6 is 11.3 Å². The van der Waals surface area contributed by atoms with Crippen LogP contribution in [-0.2, 0) is 11.2 Å². The molecule has 2 aromatic carbocycles. The van der Waals surface area contributed by atoms with Gasteiger partial charge in [-0.3, -0.25) is 0 Å². The first-order chi connectivity index (χ1) is 14.0.